The van der Waals surface area contributed by atoms with Crippen LogP contribution in [0.5, 0.6) is 0 Å². The van der Waals surface area contributed by atoms with Crippen molar-refractivity contribution in [3.8, 4) is 6.07 Å². The van der Waals surface area contributed by atoms with Crippen LogP contribution in [0, 0.1) is 17.2 Å². The lowest BCUT2D eigenvalue weighted by molar-refractivity contribution is -0.123. The predicted molar refractivity (Wildman–Crippen MR) is 55.3 cm³/mol. The highest BCUT2D eigenvalue weighted by molar-refractivity contribution is 7.88. The van der Waals surface area contributed by atoms with Gasteiger partial charge in [0, 0.05) is 13.1 Å². The lowest BCUT2D eigenvalue weighted by atomic mass is 10.1. The lowest BCUT2D eigenvalue weighted by Gasteiger charge is -2.07. The van der Waals surface area contributed by atoms with E-state index in [0.717, 1.165) is 6.26 Å². The Bertz CT molecular complexity index is 345. The Morgan fingerprint density at radius 2 is 2.07 bits per heavy atom. The molecule has 0 aromatic rings. The predicted octanol–water partition coefficient (Wildman–Crippen LogP) is -0.798. The van der Waals surface area contributed by atoms with Crippen molar-refractivity contribution in [1.82, 2.24) is 10.0 Å². The van der Waals surface area contributed by atoms with Gasteiger partial charge in [-0.1, -0.05) is 6.92 Å². The molecule has 0 aliphatic heterocycles. The Morgan fingerprint density at radius 1 is 1.47 bits per heavy atom. The van der Waals surface area contributed by atoms with Gasteiger partial charge < -0.3 is 5.32 Å². The molecule has 1 atom stereocenters. The molecule has 0 radical (unpaired) electrons. The van der Waals surface area contributed by atoms with Crippen LogP contribution in [0.1, 0.15) is 13.3 Å². The number of hydrogen-bond donors (Lipinski definition) is 2. The zero-order chi connectivity index (χ0) is 11.9. The zero-order valence-electron chi connectivity index (χ0n) is 8.78. The molecule has 1 unspecified atom stereocenters. The van der Waals surface area contributed by atoms with E-state index in [-0.39, 0.29) is 19.0 Å². The number of hydrogen-bond acceptors (Lipinski definition) is 4. The van der Waals surface area contributed by atoms with Crippen molar-refractivity contribution >= 4 is 15.9 Å². The molecule has 0 aliphatic rings. The molecule has 2 N–H and O–H groups in total. The Labute approximate surface area is 89.7 Å². The van der Waals surface area contributed by atoms with Gasteiger partial charge in [0.05, 0.1) is 12.3 Å². The molecule has 1 amide bonds. The first-order valence-corrected chi connectivity index (χ1v) is 6.41. The Morgan fingerprint density at radius 3 is 2.47 bits per heavy atom. The van der Waals surface area contributed by atoms with Crippen LogP contribution in [0.4, 0.5) is 0 Å². The first kappa shape index (κ1) is 13.9. The molecular formula is C8H15N3O3S. The number of nitrogens with zero attached hydrogens (tertiary/aromatic N) is 1. The number of amides is 1. The van der Waals surface area contributed by atoms with Gasteiger partial charge >= 0.3 is 0 Å². The average Bonchev–Trinajstić information content (AvgIpc) is 2.13. The monoisotopic (exact) mass is 233 g/mol. The Kier molecular flexibility index (Phi) is 5.89. The maximum Gasteiger partial charge on any atom is 0.237 e. The molecule has 0 heterocycles. The fraction of sp³-hybridized carbons (Fsp3) is 0.750. The minimum Gasteiger partial charge on any atom is -0.354 e. The number of rotatable bonds is 6. The quantitative estimate of drug-likeness (QED) is 0.587. The second kappa shape index (κ2) is 6.37. The third kappa shape index (κ3) is 6.88. The fourth-order valence-corrected chi connectivity index (χ4v) is 1.35. The molecule has 0 saturated carbocycles. The van der Waals surface area contributed by atoms with Crippen LogP contribution in [-0.4, -0.2) is 33.7 Å². The summed E-state index contributed by atoms with van der Waals surface area (Å²) in [6.45, 7) is 2.05. The zero-order valence-corrected chi connectivity index (χ0v) is 9.60. The van der Waals surface area contributed by atoms with Crippen molar-refractivity contribution in [1.29, 1.82) is 5.26 Å². The number of nitriles is 1. The standard InChI is InChI=1S/C8H15N3O3S/c1-3-7(6-9)8(12)10-4-5-11-15(2,13)14/h7,11H,3-5H2,1-2H3,(H,10,12). The van der Waals surface area contributed by atoms with Gasteiger partial charge in [-0.15, -0.1) is 0 Å². The third-order valence-corrected chi connectivity index (χ3v) is 2.40. The molecule has 0 fully saturated rings. The second-order valence-corrected chi connectivity index (χ2v) is 4.88. The summed E-state index contributed by atoms with van der Waals surface area (Å²) in [5.41, 5.74) is 0. The molecule has 0 aliphatic carbocycles. The van der Waals surface area contributed by atoms with Crippen molar-refractivity contribution in [2.75, 3.05) is 19.3 Å². The van der Waals surface area contributed by atoms with E-state index in [0.29, 0.717) is 6.42 Å². The molecule has 7 heteroatoms. The summed E-state index contributed by atoms with van der Waals surface area (Å²) in [5, 5.41) is 11.0. The van der Waals surface area contributed by atoms with Gasteiger partial charge in [-0.3, -0.25) is 4.79 Å². The van der Waals surface area contributed by atoms with Gasteiger partial charge in [0.1, 0.15) is 5.92 Å². The molecular weight excluding hydrogens is 218 g/mol. The molecule has 0 rings (SSSR count). The van der Waals surface area contributed by atoms with E-state index in [4.69, 9.17) is 5.26 Å². The van der Waals surface area contributed by atoms with E-state index in [1.165, 1.54) is 0 Å². The number of sulfonamides is 1. The van der Waals surface area contributed by atoms with Crippen molar-refractivity contribution in [3.05, 3.63) is 0 Å². The minimum absolute atomic E-state index is 0.131. The van der Waals surface area contributed by atoms with Crippen molar-refractivity contribution in [2.24, 2.45) is 5.92 Å². The van der Waals surface area contributed by atoms with Gasteiger partial charge in [0.25, 0.3) is 0 Å². The summed E-state index contributed by atoms with van der Waals surface area (Å²) in [5.74, 6) is -1.03. The van der Waals surface area contributed by atoms with Crippen LogP contribution >= 0.6 is 0 Å². The summed E-state index contributed by atoms with van der Waals surface area (Å²) >= 11 is 0. The van der Waals surface area contributed by atoms with Crippen LogP contribution in [0.3, 0.4) is 0 Å². The van der Waals surface area contributed by atoms with E-state index in [2.05, 4.69) is 10.0 Å². The Balaban J connectivity index is 3.79. The summed E-state index contributed by atoms with van der Waals surface area (Å²) in [6, 6.07) is 1.86. The Hall–Kier alpha value is -1.13. The summed E-state index contributed by atoms with van der Waals surface area (Å²) < 4.78 is 23.5. The number of carbonyl (C=O) groups excluding carboxylic acids is 1. The van der Waals surface area contributed by atoms with Gasteiger partial charge in [0.2, 0.25) is 15.9 Å². The smallest absolute Gasteiger partial charge is 0.237 e. The summed E-state index contributed by atoms with van der Waals surface area (Å²) in [7, 11) is -3.22. The molecule has 6 nitrogen and oxygen atoms in total. The second-order valence-electron chi connectivity index (χ2n) is 3.05. The normalized spacial score (nSPS) is 12.9. The van der Waals surface area contributed by atoms with Crippen LogP contribution in [0.2, 0.25) is 0 Å². The van der Waals surface area contributed by atoms with E-state index < -0.39 is 15.9 Å². The first-order chi connectivity index (χ1) is 6.90. The van der Waals surface area contributed by atoms with E-state index >= 15 is 0 Å². The third-order valence-electron chi connectivity index (χ3n) is 1.67. The van der Waals surface area contributed by atoms with Gasteiger partial charge in [0.15, 0.2) is 0 Å². The maximum absolute atomic E-state index is 11.2. The van der Waals surface area contributed by atoms with E-state index in [9.17, 15) is 13.2 Å². The molecule has 15 heavy (non-hydrogen) atoms. The molecule has 0 spiro atoms. The van der Waals surface area contributed by atoms with Gasteiger partial charge in [-0.05, 0) is 6.42 Å². The first-order valence-electron chi connectivity index (χ1n) is 4.52. The largest absolute Gasteiger partial charge is 0.354 e. The number of carbonyl (C=O) groups is 1. The highest BCUT2D eigenvalue weighted by Gasteiger charge is 2.14. The number of nitrogens with one attached hydrogen (secondary N) is 2. The summed E-state index contributed by atoms with van der Waals surface area (Å²) in [6.07, 6.45) is 1.49. The van der Waals surface area contributed by atoms with Gasteiger partial charge in [-0.25, -0.2) is 13.1 Å². The lowest BCUT2D eigenvalue weighted by Crippen LogP contribution is -2.36. The molecule has 0 saturated heterocycles. The van der Waals surface area contributed by atoms with Crippen molar-refractivity contribution in [3.63, 3.8) is 0 Å². The fourth-order valence-electron chi connectivity index (χ4n) is 0.881. The highest BCUT2D eigenvalue weighted by Crippen LogP contribution is 1.98. The van der Waals surface area contributed by atoms with E-state index in [1.807, 2.05) is 6.07 Å². The van der Waals surface area contributed by atoms with Gasteiger partial charge in [-0.2, -0.15) is 5.26 Å². The summed E-state index contributed by atoms with van der Waals surface area (Å²) in [4.78, 5) is 11.2. The van der Waals surface area contributed by atoms with Crippen LogP contribution in [0.25, 0.3) is 0 Å². The minimum atomic E-state index is -3.22. The molecule has 0 aromatic carbocycles. The molecule has 0 bridgehead atoms. The van der Waals surface area contributed by atoms with Crippen molar-refractivity contribution in [2.45, 2.75) is 13.3 Å². The van der Waals surface area contributed by atoms with Crippen LogP contribution in [0.15, 0.2) is 0 Å². The maximum atomic E-state index is 11.2. The van der Waals surface area contributed by atoms with Crippen molar-refractivity contribution < 1.29 is 13.2 Å². The van der Waals surface area contributed by atoms with Crippen LogP contribution < -0.4 is 10.0 Å². The average molecular weight is 233 g/mol. The SMILES string of the molecule is CCC(C#N)C(=O)NCCNS(C)(=O)=O. The molecule has 0 aromatic heterocycles. The molecule has 86 valence electrons. The highest BCUT2D eigenvalue weighted by atomic mass is 32.2. The van der Waals surface area contributed by atoms with Crippen LogP contribution in [-0.2, 0) is 14.8 Å². The van der Waals surface area contributed by atoms with E-state index in [1.54, 1.807) is 6.92 Å². The topological polar surface area (TPSA) is 99.1 Å².